The lowest BCUT2D eigenvalue weighted by Crippen LogP contribution is -1.99. The monoisotopic (exact) mass is 219 g/mol. The zero-order chi connectivity index (χ0) is 11.4. The molecule has 0 saturated heterocycles. The van der Waals surface area contributed by atoms with Crippen LogP contribution < -0.4 is 4.74 Å². The van der Waals surface area contributed by atoms with Gasteiger partial charge in [0.1, 0.15) is 12.1 Å². The van der Waals surface area contributed by atoms with Crippen LogP contribution in [0.3, 0.4) is 0 Å². The Hall–Kier alpha value is -1.88. The van der Waals surface area contributed by atoms with E-state index in [0.717, 1.165) is 22.7 Å². The first-order valence-corrected chi connectivity index (χ1v) is 4.89. The molecule has 0 aliphatic rings. The molecule has 1 N–H and O–H groups in total. The van der Waals surface area contributed by atoms with Crippen molar-refractivity contribution in [1.82, 2.24) is 15.2 Å². The van der Waals surface area contributed by atoms with Crippen LogP contribution >= 0.6 is 0 Å². The van der Waals surface area contributed by atoms with E-state index in [1.165, 1.54) is 6.33 Å². The molecule has 0 saturated carbocycles. The summed E-state index contributed by atoms with van der Waals surface area (Å²) in [7, 11) is 1.59. The van der Waals surface area contributed by atoms with Gasteiger partial charge in [0, 0.05) is 12.7 Å². The van der Waals surface area contributed by atoms with E-state index in [0.29, 0.717) is 0 Å². The largest absolute Gasteiger partial charge is 0.468 e. The third-order valence-corrected chi connectivity index (χ3v) is 2.08. The summed E-state index contributed by atoms with van der Waals surface area (Å²) in [5.41, 5.74) is 2.05. The van der Waals surface area contributed by atoms with Gasteiger partial charge in [-0.2, -0.15) is 5.10 Å². The Morgan fingerprint density at radius 2 is 2.19 bits per heavy atom. The Kier molecular flexibility index (Phi) is 3.16. The fourth-order valence-electron chi connectivity index (χ4n) is 1.44. The maximum atomic E-state index is 5.39. The maximum Gasteiger partial charge on any atom is 0.188 e. The van der Waals surface area contributed by atoms with Gasteiger partial charge in [-0.1, -0.05) is 0 Å². The molecule has 1 aromatic carbocycles. The van der Waals surface area contributed by atoms with E-state index in [1.54, 1.807) is 7.11 Å². The van der Waals surface area contributed by atoms with Gasteiger partial charge in [-0.05, 0) is 30.7 Å². The molecule has 0 bridgehead atoms. The number of aryl methyl sites for hydroxylation is 1. The number of aromatic amines is 1. The number of methoxy groups -OCH3 is 1. The second-order valence-electron chi connectivity index (χ2n) is 3.42. The molecule has 0 atom stereocenters. The molecule has 0 unspecified atom stereocenters. The molecule has 5 heteroatoms. The molecule has 2 rings (SSSR count). The number of hydrogen-bond acceptors (Lipinski definition) is 4. The molecule has 0 radical (unpaired) electrons. The van der Waals surface area contributed by atoms with Crippen LogP contribution in [0.2, 0.25) is 0 Å². The van der Waals surface area contributed by atoms with E-state index >= 15 is 0 Å². The van der Waals surface area contributed by atoms with Crippen molar-refractivity contribution in [2.75, 3.05) is 13.9 Å². The number of ether oxygens (including phenoxy) is 2. The van der Waals surface area contributed by atoms with Crippen LogP contribution in [-0.2, 0) is 4.74 Å². The Morgan fingerprint density at radius 1 is 1.31 bits per heavy atom. The minimum atomic E-state index is 0.235. The molecule has 2 aromatic rings. The number of rotatable bonds is 4. The SMILES string of the molecule is COCOc1cc(C)cc(-c2ncn[nH]2)c1. The molecule has 5 nitrogen and oxygen atoms in total. The van der Waals surface area contributed by atoms with E-state index < -0.39 is 0 Å². The zero-order valence-corrected chi connectivity index (χ0v) is 9.23. The molecule has 0 amide bonds. The summed E-state index contributed by atoms with van der Waals surface area (Å²) in [5, 5.41) is 6.63. The summed E-state index contributed by atoms with van der Waals surface area (Å²) >= 11 is 0. The van der Waals surface area contributed by atoms with Crippen LogP contribution in [0.15, 0.2) is 24.5 Å². The number of nitrogens with zero attached hydrogens (tertiary/aromatic N) is 2. The lowest BCUT2D eigenvalue weighted by Gasteiger charge is -2.07. The minimum Gasteiger partial charge on any atom is -0.468 e. The first kappa shape index (κ1) is 10.6. The van der Waals surface area contributed by atoms with Crippen LogP contribution in [0.5, 0.6) is 5.75 Å². The first-order chi connectivity index (χ1) is 7.79. The highest BCUT2D eigenvalue weighted by atomic mass is 16.7. The van der Waals surface area contributed by atoms with Crippen molar-refractivity contribution in [3.63, 3.8) is 0 Å². The molecule has 0 spiro atoms. The molecular weight excluding hydrogens is 206 g/mol. The highest BCUT2D eigenvalue weighted by Gasteiger charge is 2.04. The highest BCUT2D eigenvalue weighted by molar-refractivity contribution is 5.58. The van der Waals surface area contributed by atoms with Crippen molar-refractivity contribution >= 4 is 0 Å². The molecule has 0 fully saturated rings. The molecule has 0 aliphatic heterocycles. The van der Waals surface area contributed by atoms with Crippen LogP contribution in [-0.4, -0.2) is 29.1 Å². The highest BCUT2D eigenvalue weighted by Crippen LogP contribution is 2.23. The second kappa shape index (κ2) is 4.76. The van der Waals surface area contributed by atoms with Gasteiger partial charge in [0.05, 0.1) is 0 Å². The normalized spacial score (nSPS) is 10.4. The molecule has 1 aromatic heterocycles. The van der Waals surface area contributed by atoms with Gasteiger partial charge in [0.15, 0.2) is 12.6 Å². The van der Waals surface area contributed by atoms with Crippen molar-refractivity contribution in [1.29, 1.82) is 0 Å². The maximum absolute atomic E-state index is 5.39. The molecular formula is C11H13N3O2. The third kappa shape index (κ3) is 2.38. The average molecular weight is 219 g/mol. The Labute approximate surface area is 93.4 Å². The van der Waals surface area contributed by atoms with Gasteiger partial charge in [0.2, 0.25) is 0 Å². The lowest BCUT2D eigenvalue weighted by molar-refractivity contribution is 0.0511. The van der Waals surface area contributed by atoms with Gasteiger partial charge in [-0.3, -0.25) is 5.10 Å². The smallest absolute Gasteiger partial charge is 0.188 e. The van der Waals surface area contributed by atoms with Crippen molar-refractivity contribution < 1.29 is 9.47 Å². The van der Waals surface area contributed by atoms with Crippen molar-refractivity contribution in [3.05, 3.63) is 30.1 Å². The number of hydrogen-bond donors (Lipinski definition) is 1. The average Bonchev–Trinajstić information content (AvgIpc) is 2.79. The summed E-state index contributed by atoms with van der Waals surface area (Å²) in [6, 6.07) is 5.85. The van der Waals surface area contributed by atoms with E-state index in [2.05, 4.69) is 15.2 Å². The van der Waals surface area contributed by atoms with Crippen molar-refractivity contribution in [3.8, 4) is 17.1 Å². The second-order valence-corrected chi connectivity index (χ2v) is 3.42. The van der Waals surface area contributed by atoms with Gasteiger partial charge in [-0.25, -0.2) is 4.98 Å². The van der Waals surface area contributed by atoms with E-state index in [9.17, 15) is 0 Å². The lowest BCUT2D eigenvalue weighted by atomic mass is 10.1. The number of benzene rings is 1. The standard InChI is InChI=1S/C11H13N3O2/c1-8-3-9(11-12-6-13-14-11)5-10(4-8)16-7-15-2/h3-6H,7H2,1-2H3,(H,12,13,14). The van der Waals surface area contributed by atoms with E-state index in [-0.39, 0.29) is 6.79 Å². The van der Waals surface area contributed by atoms with Crippen molar-refractivity contribution in [2.24, 2.45) is 0 Å². The summed E-state index contributed by atoms with van der Waals surface area (Å²) in [4.78, 5) is 4.10. The molecule has 16 heavy (non-hydrogen) atoms. The van der Waals surface area contributed by atoms with Crippen LogP contribution in [0.4, 0.5) is 0 Å². The quantitative estimate of drug-likeness (QED) is 0.796. The summed E-state index contributed by atoms with van der Waals surface area (Å²) in [5.74, 6) is 1.49. The fraction of sp³-hybridized carbons (Fsp3) is 0.273. The molecule has 1 heterocycles. The van der Waals surface area contributed by atoms with Crippen LogP contribution in [0.25, 0.3) is 11.4 Å². The minimum absolute atomic E-state index is 0.235. The van der Waals surface area contributed by atoms with Gasteiger partial charge in [-0.15, -0.1) is 0 Å². The Balaban J connectivity index is 2.29. The molecule has 84 valence electrons. The van der Waals surface area contributed by atoms with E-state index in [1.807, 2.05) is 25.1 Å². The first-order valence-electron chi connectivity index (χ1n) is 4.89. The van der Waals surface area contributed by atoms with Crippen LogP contribution in [0.1, 0.15) is 5.56 Å². The topological polar surface area (TPSA) is 60.0 Å². The number of aromatic nitrogens is 3. The number of nitrogens with one attached hydrogen (secondary N) is 1. The van der Waals surface area contributed by atoms with Crippen LogP contribution in [0, 0.1) is 6.92 Å². The molecule has 0 aliphatic carbocycles. The summed E-state index contributed by atoms with van der Waals surface area (Å²) < 4.78 is 10.2. The van der Waals surface area contributed by atoms with Gasteiger partial charge >= 0.3 is 0 Å². The number of H-pyrrole nitrogens is 1. The van der Waals surface area contributed by atoms with Gasteiger partial charge < -0.3 is 9.47 Å². The zero-order valence-electron chi connectivity index (χ0n) is 9.23. The summed E-state index contributed by atoms with van der Waals surface area (Å²) in [6.07, 6.45) is 1.48. The fourth-order valence-corrected chi connectivity index (χ4v) is 1.44. The summed E-state index contributed by atoms with van der Waals surface area (Å²) in [6.45, 7) is 2.23. The van der Waals surface area contributed by atoms with Gasteiger partial charge in [0.25, 0.3) is 0 Å². The Morgan fingerprint density at radius 3 is 2.88 bits per heavy atom. The third-order valence-electron chi connectivity index (χ3n) is 2.08. The Bertz CT molecular complexity index is 454. The predicted octanol–water partition coefficient (Wildman–Crippen LogP) is 1.76. The van der Waals surface area contributed by atoms with E-state index in [4.69, 9.17) is 9.47 Å². The predicted molar refractivity (Wildman–Crippen MR) is 59.1 cm³/mol. The van der Waals surface area contributed by atoms with Crippen molar-refractivity contribution in [2.45, 2.75) is 6.92 Å².